The van der Waals surface area contributed by atoms with E-state index in [1.807, 2.05) is 0 Å². The lowest BCUT2D eigenvalue weighted by Gasteiger charge is -1.97. The van der Waals surface area contributed by atoms with Gasteiger partial charge in [-0.05, 0) is 23.8 Å². The number of hydrogen-bond acceptors (Lipinski definition) is 3. The van der Waals surface area contributed by atoms with Crippen molar-refractivity contribution in [2.24, 2.45) is 0 Å². The SMILES string of the molecule is O=C(/C=C/c1ccc(F)c(Cl)c1)Nc1ncn[nH]1. The number of carbonyl (C=O) groups is 1. The van der Waals surface area contributed by atoms with E-state index in [-0.39, 0.29) is 16.9 Å². The molecule has 2 N–H and O–H groups in total. The number of rotatable bonds is 3. The first-order chi connectivity index (χ1) is 8.65. The Balaban J connectivity index is 2.01. The minimum absolute atomic E-state index is 0.00722. The first-order valence-electron chi connectivity index (χ1n) is 4.94. The van der Waals surface area contributed by atoms with Crippen LogP contribution < -0.4 is 5.32 Å². The topological polar surface area (TPSA) is 70.7 Å². The predicted molar refractivity (Wildman–Crippen MR) is 65.5 cm³/mol. The minimum atomic E-state index is -0.500. The van der Waals surface area contributed by atoms with Crippen LogP contribution in [0.25, 0.3) is 6.08 Å². The molecule has 0 spiro atoms. The number of benzene rings is 1. The third-order valence-electron chi connectivity index (χ3n) is 2.03. The molecule has 1 aromatic heterocycles. The molecule has 1 aromatic carbocycles. The van der Waals surface area contributed by atoms with Gasteiger partial charge in [-0.3, -0.25) is 10.1 Å². The molecule has 0 bridgehead atoms. The van der Waals surface area contributed by atoms with Gasteiger partial charge in [-0.15, -0.1) is 0 Å². The summed E-state index contributed by atoms with van der Waals surface area (Å²) in [7, 11) is 0. The van der Waals surface area contributed by atoms with E-state index >= 15 is 0 Å². The lowest BCUT2D eigenvalue weighted by molar-refractivity contribution is -0.111. The van der Waals surface area contributed by atoms with Gasteiger partial charge in [-0.1, -0.05) is 17.7 Å². The van der Waals surface area contributed by atoms with Gasteiger partial charge in [0.05, 0.1) is 5.02 Å². The number of hydrogen-bond donors (Lipinski definition) is 2. The molecule has 1 amide bonds. The zero-order valence-electron chi connectivity index (χ0n) is 9.02. The molecule has 0 unspecified atom stereocenters. The van der Waals surface area contributed by atoms with E-state index in [1.54, 1.807) is 0 Å². The van der Waals surface area contributed by atoms with Crippen molar-refractivity contribution < 1.29 is 9.18 Å². The molecular weight excluding hydrogens is 259 g/mol. The van der Waals surface area contributed by atoms with Crippen LogP contribution in [-0.4, -0.2) is 21.1 Å². The highest BCUT2D eigenvalue weighted by Gasteiger charge is 2.01. The molecule has 7 heteroatoms. The van der Waals surface area contributed by atoms with Gasteiger partial charge in [-0.2, -0.15) is 10.1 Å². The Morgan fingerprint density at radius 1 is 1.50 bits per heavy atom. The summed E-state index contributed by atoms with van der Waals surface area (Å²) >= 11 is 5.61. The molecule has 0 fully saturated rings. The summed E-state index contributed by atoms with van der Waals surface area (Å²) in [5, 5.41) is 8.53. The average molecular weight is 267 g/mol. The fraction of sp³-hybridized carbons (Fsp3) is 0. The second kappa shape index (κ2) is 5.42. The smallest absolute Gasteiger partial charge is 0.250 e. The zero-order valence-corrected chi connectivity index (χ0v) is 9.78. The molecule has 0 atom stereocenters. The number of aromatic nitrogens is 3. The van der Waals surface area contributed by atoms with Crippen LogP contribution >= 0.6 is 11.6 Å². The number of H-pyrrole nitrogens is 1. The van der Waals surface area contributed by atoms with Crippen molar-refractivity contribution in [1.82, 2.24) is 15.2 Å². The number of halogens is 2. The number of nitrogens with zero attached hydrogens (tertiary/aromatic N) is 2. The van der Waals surface area contributed by atoms with Gasteiger partial charge in [0.2, 0.25) is 5.95 Å². The van der Waals surface area contributed by atoms with Crippen LogP contribution in [0.2, 0.25) is 5.02 Å². The maximum atomic E-state index is 12.9. The Labute approximate surface area is 107 Å². The summed E-state index contributed by atoms with van der Waals surface area (Å²) < 4.78 is 12.9. The van der Waals surface area contributed by atoms with Crippen molar-refractivity contribution >= 4 is 29.5 Å². The largest absolute Gasteiger partial charge is 0.291 e. The summed E-state index contributed by atoms with van der Waals surface area (Å²) in [6, 6.07) is 4.17. The summed E-state index contributed by atoms with van der Waals surface area (Å²) in [5.74, 6) is -0.631. The van der Waals surface area contributed by atoms with Gasteiger partial charge in [0.15, 0.2) is 0 Å². The molecule has 1 heterocycles. The number of amides is 1. The molecule has 0 aliphatic carbocycles. The van der Waals surface area contributed by atoms with Crippen LogP contribution in [0.4, 0.5) is 10.3 Å². The first kappa shape index (κ1) is 12.3. The molecule has 5 nitrogen and oxygen atoms in total. The maximum Gasteiger partial charge on any atom is 0.250 e. The second-order valence-corrected chi connectivity index (χ2v) is 3.74. The summed E-state index contributed by atoms with van der Waals surface area (Å²) in [5.41, 5.74) is 0.620. The third-order valence-corrected chi connectivity index (χ3v) is 2.32. The summed E-state index contributed by atoms with van der Waals surface area (Å²) in [6.07, 6.45) is 4.07. The van der Waals surface area contributed by atoms with E-state index in [0.717, 1.165) is 0 Å². The van der Waals surface area contributed by atoms with E-state index in [0.29, 0.717) is 5.56 Å². The number of carbonyl (C=O) groups excluding carboxylic acids is 1. The molecule has 2 aromatic rings. The van der Waals surface area contributed by atoms with Gasteiger partial charge >= 0.3 is 0 Å². The lowest BCUT2D eigenvalue weighted by atomic mass is 10.2. The first-order valence-corrected chi connectivity index (χ1v) is 5.32. The zero-order chi connectivity index (χ0) is 13.0. The highest BCUT2D eigenvalue weighted by atomic mass is 35.5. The predicted octanol–water partition coefficient (Wildman–Crippen LogP) is 2.25. The fourth-order valence-corrected chi connectivity index (χ4v) is 1.40. The summed E-state index contributed by atoms with van der Waals surface area (Å²) in [6.45, 7) is 0. The second-order valence-electron chi connectivity index (χ2n) is 3.33. The highest BCUT2D eigenvalue weighted by Crippen LogP contribution is 2.16. The fourth-order valence-electron chi connectivity index (χ4n) is 1.21. The van der Waals surface area contributed by atoms with Crippen molar-refractivity contribution in [3.8, 4) is 0 Å². The molecule has 0 radical (unpaired) electrons. The lowest BCUT2D eigenvalue weighted by Crippen LogP contribution is -2.08. The van der Waals surface area contributed by atoms with E-state index < -0.39 is 5.82 Å². The molecule has 0 saturated heterocycles. The van der Waals surface area contributed by atoms with Crippen LogP contribution in [0, 0.1) is 5.82 Å². The van der Waals surface area contributed by atoms with E-state index in [1.165, 1.54) is 36.7 Å². The van der Waals surface area contributed by atoms with Crippen molar-refractivity contribution in [1.29, 1.82) is 0 Å². The number of nitrogens with one attached hydrogen (secondary N) is 2. The monoisotopic (exact) mass is 266 g/mol. The number of anilines is 1. The molecule has 0 saturated carbocycles. The number of aromatic amines is 1. The maximum absolute atomic E-state index is 12.9. The molecule has 2 rings (SSSR count). The Kier molecular flexibility index (Phi) is 3.69. The van der Waals surface area contributed by atoms with Gasteiger partial charge in [0.1, 0.15) is 12.1 Å². The van der Waals surface area contributed by atoms with E-state index in [9.17, 15) is 9.18 Å². The van der Waals surface area contributed by atoms with Crippen LogP contribution in [0.3, 0.4) is 0 Å². The van der Waals surface area contributed by atoms with Gasteiger partial charge in [0.25, 0.3) is 5.91 Å². The van der Waals surface area contributed by atoms with Crippen molar-refractivity contribution in [2.75, 3.05) is 5.32 Å². The molecular formula is C11H8ClFN4O. The minimum Gasteiger partial charge on any atom is -0.291 e. The standard InChI is InChI=1S/C11H8ClFN4O/c12-8-5-7(1-3-9(8)13)2-4-10(18)16-11-14-6-15-17-11/h1-6H,(H2,14,15,16,17,18)/b4-2+. The van der Waals surface area contributed by atoms with Crippen LogP contribution in [0.5, 0.6) is 0 Å². The highest BCUT2D eigenvalue weighted by molar-refractivity contribution is 6.30. The molecule has 0 aliphatic heterocycles. The van der Waals surface area contributed by atoms with Crippen LogP contribution in [-0.2, 0) is 4.79 Å². The quantitative estimate of drug-likeness (QED) is 0.837. The normalized spacial score (nSPS) is 10.8. The van der Waals surface area contributed by atoms with E-state index in [4.69, 9.17) is 11.6 Å². The van der Waals surface area contributed by atoms with Gasteiger partial charge < -0.3 is 0 Å². The van der Waals surface area contributed by atoms with Crippen molar-refractivity contribution in [2.45, 2.75) is 0 Å². The Bertz CT molecular complexity index is 583. The average Bonchev–Trinajstić information content (AvgIpc) is 2.83. The van der Waals surface area contributed by atoms with Gasteiger partial charge in [-0.25, -0.2) is 9.49 Å². The molecule has 18 heavy (non-hydrogen) atoms. The van der Waals surface area contributed by atoms with Crippen LogP contribution in [0.15, 0.2) is 30.6 Å². The Morgan fingerprint density at radius 2 is 2.33 bits per heavy atom. The van der Waals surface area contributed by atoms with Crippen molar-refractivity contribution in [3.63, 3.8) is 0 Å². The third kappa shape index (κ3) is 3.14. The van der Waals surface area contributed by atoms with Gasteiger partial charge in [0, 0.05) is 6.08 Å². The molecule has 0 aliphatic rings. The van der Waals surface area contributed by atoms with Crippen molar-refractivity contribution in [3.05, 3.63) is 47.0 Å². The van der Waals surface area contributed by atoms with Crippen LogP contribution in [0.1, 0.15) is 5.56 Å². The Morgan fingerprint density at radius 3 is 3.00 bits per heavy atom. The summed E-state index contributed by atoms with van der Waals surface area (Å²) in [4.78, 5) is 15.2. The Hall–Kier alpha value is -2.21. The molecule has 92 valence electrons. The van der Waals surface area contributed by atoms with E-state index in [2.05, 4.69) is 20.5 Å².